The molecule has 3 aliphatic rings. The number of nitrogens with zero attached hydrogens (tertiary/aromatic N) is 1. The van der Waals surface area contributed by atoms with Crippen LogP contribution in [-0.4, -0.2) is 28.4 Å². The van der Waals surface area contributed by atoms with Gasteiger partial charge in [0.25, 0.3) is 0 Å². The molecule has 3 fully saturated rings. The summed E-state index contributed by atoms with van der Waals surface area (Å²) in [6, 6.07) is 15.9. The summed E-state index contributed by atoms with van der Waals surface area (Å²) in [5.41, 5.74) is 0.432. The number of hydrogen-bond acceptors (Lipinski definition) is 5. The maximum Gasteiger partial charge on any atom is 0.324 e. The molecule has 4 atom stereocenters. The third kappa shape index (κ3) is 3.40. The predicted octanol–water partition coefficient (Wildman–Crippen LogP) is 4.99. The Balaban J connectivity index is 1.49. The molecule has 1 aromatic heterocycles. The van der Waals surface area contributed by atoms with Crippen LogP contribution >= 0.6 is 0 Å². The number of imide groups is 1. The van der Waals surface area contributed by atoms with Crippen molar-refractivity contribution in [2.45, 2.75) is 57.0 Å². The van der Waals surface area contributed by atoms with E-state index in [9.17, 15) is 19.5 Å². The van der Waals surface area contributed by atoms with Crippen LogP contribution in [0.1, 0.15) is 55.9 Å². The van der Waals surface area contributed by atoms with Gasteiger partial charge in [-0.3, -0.25) is 19.7 Å². The van der Waals surface area contributed by atoms with Crippen molar-refractivity contribution in [1.82, 2.24) is 5.32 Å². The van der Waals surface area contributed by atoms with Crippen molar-refractivity contribution in [3.05, 3.63) is 65.9 Å². The molecule has 186 valence electrons. The second-order valence-corrected chi connectivity index (χ2v) is 10.6. The first kappa shape index (κ1) is 23.0. The number of nitrogens with one attached hydrogen (secondary N) is 1. The van der Waals surface area contributed by atoms with E-state index in [0.29, 0.717) is 23.5 Å². The van der Waals surface area contributed by atoms with Gasteiger partial charge in [-0.05, 0) is 43.0 Å². The maximum absolute atomic E-state index is 14.0. The Hall–Kier alpha value is -3.45. The Labute approximate surface area is 209 Å². The van der Waals surface area contributed by atoms with Gasteiger partial charge in [-0.25, -0.2) is 4.90 Å². The third-order valence-electron chi connectivity index (χ3n) is 8.48. The molecule has 1 aliphatic carbocycles. The first-order valence-electron chi connectivity index (χ1n) is 12.8. The smallest absolute Gasteiger partial charge is 0.324 e. The number of furan rings is 1. The molecule has 3 heterocycles. The Morgan fingerprint density at radius 2 is 1.78 bits per heavy atom. The van der Waals surface area contributed by atoms with E-state index in [4.69, 9.17) is 4.42 Å². The highest BCUT2D eigenvalue weighted by molar-refractivity contribution is 6.24. The van der Waals surface area contributed by atoms with Crippen LogP contribution in [0.4, 0.5) is 5.69 Å². The van der Waals surface area contributed by atoms with Crippen molar-refractivity contribution in [1.29, 1.82) is 0 Å². The van der Waals surface area contributed by atoms with Crippen molar-refractivity contribution >= 4 is 34.4 Å². The molecule has 2 N–H and O–H groups in total. The fourth-order valence-corrected chi connectivity index (χ4v) is 6.77. The standard InChI is InChI=1S/C29H30N2O5/c1-17-9-5-7-13-20(17)31-26(32)23-24(27(31)33)29(28(34)35,16-18-10-3-2-4-11-18)30-25(23)22-15-19-12-6-8-14-21(19)36-22/h5-9,12-15,18,23-25,30H,2-4,10-11,16H2,1H3,(H,34,35). The molecule has 7 nitrogen and oxygen atoms in total. The van der Waals surface area contributed by atoms with Crippen molar-refractivity contribution in [3.63, 3.8) is 0 Å². The number of carboxylic acid groups (broad SMARTS) is 1. The molecule has 2 saturated heterocycles. The number of amides is 2. The molecule has 0 spiro atoms. The topological polar surface area (TPSA) is 99.8 Å². The summed E-state index contributed by atoms with van der Waals surface area (Å²) in [7, 11) is 0. The number of benzene rings is 2. The number of fused-ring (bicyclic) bond motifs is 2. The van der Waals surface area contributed by atoms with Gasteiger partial charge in [-0.1, -0.05) is 68.5 Å². The summed E-state index contributed by atoms with van der Waals surface area (Å²) >= 11 is 0. The lowest BCUT2D eigenvalue weighted by Crippen LogP contribution is -2.57. The van der Waals surface area contributed by atoms with Crippen molar-refractivity contribution in [2.24, 2.45) is 17.8 Å². The highest BCUT2D eigenvalue weighted by atomic mass is 16.4. The van der Waals surface area contributed by atoms with E-state index in [1.165, 1.54) is 4.90 Å². The van der Waals surface area contributed by atoms with Gasteiger partial charge in [-0.2, -0.15) is 0 Å². The first-order valence-corrected chi connectivity index (χ1v) is 12.8. The molecule has 0 bridgehead atoms. The molecule has 3 aromatic rings. The van der Waals surface area contributed by atoms with Crippen LogP contribution in [0.2, 0.25) is 0 Å². The zero-order chi connectivity index (χ0) is 25.0. The van der Waals surface area contributed by atoms with Gasteiger partial charge in [0.05, 0.1) is 23.6 Å². The van der Waals surface area contributed by atoms with Gasteiger partial charge in [0.15, 0.2) is 0 Å². The lowest BCUT2D eigenvalue weighted by Gasteiger charge is -2.35. The number of rotatable bonds is 5. The number of aliphatic carboxylic acids is 1. The predicted molar refractivity (Wildman–Crippen MR) is 134 cm³/mol. The van der Waals surface area contributed by atoms with Crippen LogP contribution in [0.15, 0.2) is 59.0 Å². The largest absolute Gasteiger partial charge is 0.480 e. The fourth-order valence-electron chi connectivity index (χ4n) is 6.77. The summed E-state index contributed by atoms with van der Waals surface area (Å²) < 4.78 is 6.13. The fraction of sp³-hybridized carbons (Fsp3) is 0.414. The third-order valence-corrected chi connectivity index (χ3v) is 8.48. The van der Waals surface area contributed by atoms with E-state index in [1.54, 1.807) is 12.1 Å². The quantitative estimate of drug-likeness (QED) is 0.493. The summed E-state index contributed by atoms with van der Waals surface area (Å²) in [6.45, 7) is 1.85. The van der Waals surface area contributed by atoms with Crippen LogP contribution in [-0.2, 0) is 14.4 Å². The van der Waals surface area contributed by atoms with E-state index < -0.39 is 35.3 Å². The van der Waals surface area contributed by atoms with E-state index in [1.807, 2.05) is 49.4 Å². The number of aryl methyl sites for hydroxylation is 1. The molecule has 2 amide bonds. The summed E-state index contributed by atoms with van der Waals surface area (Å²) in [6.07, 6.45) is 5.46. The summed E-state index contributed by atoms with van der Waals surface area (Å²) in [5.74, 6) is -3.08. The SMILES string of the molecule is Cc1ccccc1N1C(=O)C2C(c3cc4ccccc4o3)NC(CC3CCCCC3)(C(=O)O)C2C1=O. The van der Waals surface area contributed by atoms with Gasteiger partial charge < -0.3 is 9.52 Å². The zero-order valence-electron chi connectivity index (χ0n) is 20.3. The minimum absolute atomic E-state index is 0.188. The second kappa shape index (κ2) is 8.59. The zero-order valence-corrected chi connectivity index (χ0v) is 20.3. The number of para-hydroxylation sites is 2. The van der Waals surface area contributed by atoms with Crippen molar-refractivity contribution in [3.8, 4) is 0 Å². The number of hydrogen-bond donors (Lipinski definition) is 2. The molecule has 6 rings (SSSR count). The molecule has 7 heteroatoms. The summed E-state index contributed by atoms with van der Waals surface area (Å²) in [5, 5.41) is 14.9. The first-order chi connectivity index (χ1) is 17.4. The van der Waals surface area contributed by atoms with E-state index >= 15 is 0 Å². The molecular weight excluding hydrogens is 456 g/mol. The van der Waals surface area contributed by atoms with E-state index in [-0.39, 0.29) is 11.8 Å². The van der Waals surface area contributed by atoms with Crippen LogP contribution in [0, 0.1) is 24.7 Å². The number of carbonyl (C=O) groups is 3. The van der Waals surface area contributed by atoms with Gasteiger partial charge >= 0.3 is 5.97 Å². The number of carboxylic acids is 1. The number of anilines is 1. The Bertz CT molecular complexity index is 1320. The van der Waals surface area contributed by atoms with Gasteiger partial charge in [0.1, 0.15) is 16.9 Å². The molecule has 4 unspecified atom stereocenters. The Morgan fingerprint density at radius 1 is 1.06 bits per heavy atom. The van der Waals surface area contributed by atoms with Crippen LogP contribution in [0.3, 0.4) is 0 Å². The van der Waals surface area contributed by atoms with Crippen LogP contribution in [0.25, 0.3) is 11.0 Å². The number of carbonyl (C=O) groups excluding carboxylic acids is 2. The molecule has 2 aromatic carbocycles. The molecule has 36 heavy (non-hydrogen) atoms. The highest BCUT2D eigenvalue weighted by Gasteiger charge is 2.69. The lowest BCUT2D eigenvalue weighted by atomic mass is 9.72. The normalized spacial score (nSPS) is 28.7. The minimum Gasteiger partial charge on any atom is -0.480 e. The van der Waals surface area contributed by atoms with Crippen molar-refractivity contribution in [2.75, 3.05) is 4.90 Å². The highest BCUT2D eigenvalue weighted by Crippen LogP contribution is 2.53. The van der Waals surface area contributed by atoms with Crippen LogP contribution < -0.4 is 10.2 Å². The average Bonchev–Trinajstić information content (AvgIpc) is 3.53. The van der Waals surface area contributed by atoms with Gasteiger partial charge in [-0.15, -0.1) is 0 Å². The summed E-state index contributed by atoms with van der Waals surface area (Å²) in [4.78, 5) is 42.3. The van der Waals surface area contributed by atoms with E-state index in [0.717, 1.165) is 43.1 Å². The molecular formula is C29H30N2O5. The molecule has 2 aliphatic heterocycles. The molecule has 1 saturated carbocycles. The van der Waals surface area contributed by atoms with E-state index in [2.05, 4.69) is 5.32 Å². The average molecular weight is 487 g/mol. The Morgan fingerprint density at radius 3 is 2.50 bits per heavy atom. The van der Waals surface area contributed by atoms with Gasteiger partial charge in [0, 0.05) is 5.39 Å². The lowest BCUT2D eigenvalue weighted by molar-refractivity contribution is -0.150. The second-order valence-electron chi connectivity index (χ2n) is 10.6. The van der Waals surface area contributed by atoms with Crippen molar-refractivity contribution < 1.29 is 23.9 Å². The molecule has 0 radical (unpaired) electrons. The maximum atomic E-state index is 14.0. The minimum atomic E-state index is -1.54. The van der Waals surface area contributed by atoms with Gasteiger partial charge in [0.2, 0.25) is 11.8 Å². The Kier molecular flexibility index (Phi) is 5.48. The van der Waals surface area contributed by atoms with Crippen LogP contribution in [0.5, 0.6) is 0 Å². The monoisotopic (exact) mass is 486 g/mol.